The zero-order valence-electron chi connectivity index (χ0n) is 10.8. The lowest BCUT2D eigenvalue weighted by atomic mass is 10.1. The summed E-state index contributed by atoms with van der Waals surface area (Å²) < 4.78 is 35.9. The van der Waals surface area contributed by atoms with E-state index >= 15 is 0 Å². The van der Waals surface area contributed by atoms with E-state index in [2.05, 4.69) is 4.72 Å². The van der Waals surface area contributed by atoms with E-state index in [1.807, 2.05) is 0 Å². The third-order valence-corrected chi connectivity index (χ3v) is 3.57. The zero-order valence-corrected chi connectivity index (χ0v) is 11.6. The number of rotatable bonds is 7. The summed E-state index contributed by atoms with van der Waals surface area (Å²) in [6, 6.07) is 4.75. The first-order chi connectivity index (χ1) is 8.91. The number of methoxy groups -OCH3 is 2. The van der Waals surface area contributed by atoms with Crippen molar-refractivity contribution in [1.82, 2.24) is 0 Å². The minimum absolute atomic E-state index is 0.0693. The summed E-state index contributed by atoms with van der Waals surface area (Å²) in [7, 11) is -0.767. The molecule has 1 rings (SSSR count). The number of hydrogen-bond acceptors (Lipinski definition) is 5. The van der Waals surface area contributed by atoms with Crippen LogP contribution in [0.15, 0.2) is 18.2 Å². The van der Waals surface area contributed by atoms with E-state index in [-0.39, 0.29) is 29.4 Å². The Labute approximate surface area is 112 Å². The molecule has 0 bridgehead atoms. The number of sulfonamides is 1. The molecule has 0 heterocycles. The van der Waals surface area contributed by atoms with Gasteiger partial charge in [-0.3, -0.25) is 10.1 Å². The zero-order chi connectivity index (χ0) is 14.5. The van der Waals surface area contributed by atoms with Crippen molar-refractivity contribution >= 4 is 21.5 Å². The third-order valence-electron chi connectivity index (χ3n) is 2.35. The number of anilines is 1. The Bertz CT molecular complexity index is 557. The highest BCUT2D eigenvalue weighted by molar-refractivity contribution is 7.92. The number of ether oxygens (including phenoxy) is 2. The van der Waals surface area contributed by atoms with Crippen molar-refractivity contribution in [1.29, 1.82) is 5.41 Å². The van der Waals surface area contributed by atoms with E-state index in [9.17, 15) is 8.42 Å². The summed E-state index contributed by atoms with van der Waals surface area (Å²) in [6.07, 6.45) is 0. The maximum atomic E-state index is 11.8. The van der Waals surface area contributed by atoms with Crippen LogP contribution in [0.3, 0.4) is 0 Å². The maximum Gasteiger partial charge on any atom is 0.235 e. The molecule has 0 unspecified atom stereocenters. The van der Waals surface area contributed by atoms with Crippen LogP contribution in [-0.4, -0.2) is 40.8 Å². The predicted octanol–water partition coefficient (Wildman–Crippen LogP) is 0.367. The number of nitrogens with one attached hydrogen (secondary N) is 2. The molecule has 0 spiro atoms. The van der Waals surface area contributed by atoms with Gasteiger partial charge in [-0.15, -0.1) is 0 Å². The number of amidine groups is 1. The SMILES string of the molecule is COCCS(=O)(=O)Nc1c(OC)cccc1C(=N)N. The number of para-hydroxylation sites is 1. The van der Waals surface area contributed by atoms with Crippen molar-refractivity contribution in [3.63, 3.8) is 0 Å². The molecule has 7 nitrogen and oxygen atoms in total. The van der Waals surface area contributed by atoms with Crippen LogP contribution in [0.25, 0.3) is 0 Å². The van der Waals surface area contributed by atoms with E-state index in [0.29, 0.717) is 5.75 Å². The highest BCUT2D eigenvalue weighted by Gasteiger charge is 2.17. The Kier molecular flexibility index (Phi) is 5.13. The van der Waals surface area contributed by atoms with Crippen LogP contribution in [0, 0.1) is 5.41 Å². The van der Waals surface area contributed by atoms with Gasteiger partial charge in [-0.05, 0) is 12.1 Å². The number of hydrogen-bond donors (Lipinski definition) is 3. The van der Waals surface area contributed by atoms with Crippen molar-refractivity contribution in [2.24, 2.45) is 5.73 Å². The summed E-state index contributed by atoms with van der Waals surface area (Å²) in [5.41, 5.74) is 5.85. The molecule has 0 aliphatic rings. The van der Waals surface area contributed by atoms with Crippen LogP contribution in [-0.2, 0) is 14.8 Å². The summed E-state index contributed by atoms with van der Waals surface area (Å²) in [5, 5.41) is 7.46. The molecule has 0 atom stereocenters. The highest BCUT2D eigenvalue weighted by atomic mass is 32.2. The topological polar surface area (TPSA) is 115 Å². The summed E-state index contributed by atoms with van der Waals surface area (Å²) >= 11 is 0. The van der Waals surface area contributed by atoms with Gasteiger partial charge in [-0.1, -0.05) is 6.07 Å². The lowest BCUT2D eigenvalue weighted by Crippen LogP contribution is -2.23. The molecule has 1 aromatic carbocycles. The molecule has 19 heavy (non-hydrogen) atoms. The number of benzene rings is 1. The Morgan fingerprint density at radius 1 is 1.42 bits per heavy atom. The van der Waals surface area contributed by atoms with Gasteiger partial charge in [-0.25, -0.2) is 8.42 Å². The van der Waals surface area contributed by atoms with Gasteiger partial charge >= 0.3 is 0 Å². The van der Waals surface area contributed by atoms with Gasteiger partial charge < -0.3 is 15.2 Å². The van der Waals surface area contributed by atoms with Gasteiger partial charge in [0.05, 0.1) is 19.5 Å². The molecule has 4 N–H and O–H groups in total. The molecule has 0 aliphatic carbocycles. The first-order valence-corrected chi connectivity index (χ1v) is 7.07. The van der Waals surface area contributed by atoms with Gasteiger partial charge in [0.1, 0.15) is 17.3 Å². The monoisotopic (exact) mass is 287 g/mol. The first kappa shape index (κ1) is 15.3. The molecule has 0 saturated heterocycles. The van der Waals surface area contributed by atoms with Crippen LogP contribution >= 0.6 is 0 Å². The minimum Gasteiger partial charge on any atom is -0.495 e. The second kappa shape index (κ2) is 6.39. The Morgan fingerprint density at radius 3 is 2.63 bits per heavy atom. The van der Waals surface area contributed by atoms with Crippen molar-refractivity contribution in [2.75, 3.05) is 31.3 Å². The van der Waals surface area contributed by atoms with E-state index < -0.39 is 10.0 Å². The highest BCUT2D eigenvalue weighted by Crippen LogP contribution is 2.29. The molecular formula is C11H17N3O4S. The van der Waals surface area contributed by atoms with Gasteiger partial charge in [-0.2, -0.15) is 0 Å². The maximum absolute atomic E-state index is 11.8. The van der Waals surface area contributed by atoms with E-state index in [4.69, 9.17) is 20.6 Å². The van der Waals surface area contributed by atoms with Gasteiger partial charge in [0.15, 0.2) is 0 Å². The molecule has 0 amide bonds. The Balaban J connectivity index is 3.15. The van der Waals surface area contributed by atoms with Gasteiger partial charge in [0.25, 0.3) is 0 Å². The van der Waals surface area contributed by atoms with Crippen LogP contribution in [0.2, 0.25) is 0 Å². The Morgan fingerprint density at radius 2 is 2.11 bits per heavy atom. The normalized spacial score (nSPS) is 11.1. The summed E-state index contributed by atoms with van der Waals surface area (Å²) in [4.78, 5) is 0. The third kappa shape index (κ3) is 4.11. The van der Waals surface area contributed by atoms with Gasteiger partial charge in [0, 0.05) is 12.7 Å². The fraction of sp³-hybridized carbons (Fsp3) is 0.364. The van der Waals surface area contributed by atoms with Crippen LogP contribution < -0.4 is 15.2 Å². The standard InChI is InChI=1S/C11H17N3O4S/c1-17-6-7-19(15,16)14-10-8(11(12)13)4-3-5-9(10)18-2/h3-5,14H,6-7H2,1-2H3,(H3,12,13). The van der Waals surface area contributed by atoms with Crippen molar-refractivity contribution in [2.45, 2.75) is 0 Å². The molecule has 8 heteroatoms. The minimum atomic E-state index is -3.59. The first-order valence-electron chi connectivity index (χ1n) is 5.42. The largest absolute Gasteiger partial charge is 0.495 e. The molecule has 0 radical (unpaired) electrons. The lowest BCUT2D eigenvalue weighted by molar-refractivity contribution is 0.217. The second-order valence-electron chi connectivity index (χ2n) is 3.71. The molecule has 0 saturated carbocycles. The van der Waals surface area contributed by atoms with E-state index in [0.717, 1.165) is 0 Å². The molecule has 1 aromatic rings. The fourth-order valence-electron chi connectivity index (χ4n) is 1.43. The molecule has 0 fully saturated rings. The van der Waals surface area contributed by atoms with E-state index in [1.165, 1.54) is 14.2 Å². The van der Waals surface area contributed by atoms with Crippen molar-refractivity contribution in [3.05, 3.63) is 23.8 Å². The summed E-state index contributed by atoms with van der Waals surface area (Å²) in [6.45, 7) is 0.0693. The van der Waals surface area contributed by atoms with Crippen LogP contribution in [0.1, 0.15) is 5.56 Å². The molecule has 0 aliphatic heterocycles. The number of nitrogen functional groups attached to an aromatic ring is 1. The quantitative estimate of drug-likeness (QED) is 0.495. The van der Waals surface area contributed by atoms with Crippen molar-refractivity contribution < 1.29 is 17.9 Å². The molecule has 0 aromatic heterocycles. The predicted molar refractivity (Wildman–Crippen MR) is 73.3 cm³/mol. The van der Waals surface area contributed by atoms with Gasteiger partial charge in [0.2, 0.25) is 10.0 Å². The molecule has 106 valence electrons. The average molecular weight is 287 g/mol. The molecular weight excluding hydrogens is 270 g/mol. The number of nitrogens with two attached hydrogens (primary N) is 1. The Hall–Kier alpha value is -1.80. The summed E-state index contributed by atoms with van der Waals surface area (Å²) in [5.74, 6) is -0.143. The van der Waals surface area contributed by atoms with Crippen LogP contribution in [0.5, 0.6) is 5.75 Å². The lowest BCUT2D eigenvalue weighted by Gasteiger charge is -2.15. The average Bonchev–Trinajstić information content (AvgIpc) is 2.36. The van der Waals surface area contributed by atoms with Crippen LogP contribution in [0.4, 0.5) is 5.69 Å². The fourth-order valence-corrected chi connectivity index (χ4v) is 2.44. The smallest absolute Gasteiger partial charge is 0.235 e. The van der Waals surface area contributed by atoms with E-state index in [1.54, 1.807) is 18.2 Å². The van der Waals surface area contributed by atoms with Crippen molar-refractivity contribution in [3.8, 4) is 5.75 Å². The second-order valence-corrected chi connectivity index (χ2v) is 5.55.